The van der Waals surface area contributed by atoms with E-state index in [1.807, 2.05) is 13.8 Å². The molecule has 8 fully saturated rings. The molecule has 2 unspecified atom stereocenters. The summed E-state index contributed by atoms with van der Waals surface area (Å²) in [5.74, 6) is -0.0172. The van der Waals surface area contributed by atoms with Crippen LogP contribution >= 0.6 is 0 Å². The van der Waals surface area contributed by atoms with Gasteiger partial charge in [0.2, 0.25) is 0 Å². The Labute approximate surface area is 517 Å². The summed E-state index contributed by atoms with van der Waals surface area (Å²) in [6.07, 6.45) is -37.4. The van der Waals surface area contributed by atoms with Crippen molar-refractivity contribution in [1.29, 1.82) is 0 Å². The fourth-order valence-electron chi connectivity index (χ4n) is 17.0. The largest absolute Gasteiger partial charge is 0.394 e. The van der Waals surface area contributed by atoms with E-state index in [1.54, 1.807) is 0 Å². The molecule has 19 N–H and O–H groups in total. The molecule has 0 amide bonds. The summed E-state index contributed by atoms with van der Waals surface area (Å²) in [6, 6.07) is 0. The minimum Gasteiger partial charge on any atom is -0.394 e. The van der Waals surface area contributed by atoms with Crippen LogP contribution in [-0.2, 0) is 47.4 Å². The van der Waals surface area contributed by atoms with Crippen molar-refractivity contribution in [3.05, 3.63) is 11.6 Å². The molecule has 0 radical (unpaired) electrons. The van der Waals surface area contributed by atoms with E-state index in [4.69, 9.17) is 47.4 Å². The minimum atomic E-state index is -1.96. The lowest BCUT2D eigenvalue weighted by atomic mass is 9.38. The lowest BCUT2D eigenvalue weighted by Gasteiger charge is -2.67. The van der Waals surface area contributed by atoms with Gasteiger partial charge in [0, 0.05) is 10.8 Å². The van der Waals surface area contributed by atoms with Crippen LogP contribution in [0, 0.1) is 45.3 Å². The van der Waals surface area contributed by atoms with E-state index in [1.165, 1.54) is 13.8 Å². The van der Waals surface area contributed by atoms with Gasteiger partial charge >= 0.3 is 0 Å². The molecule has 5 aliphatic heterocycles. The van der Waals surface area contributed by atoms with Gasteiger partial charge in [-0.25, -0.2) is 0 Å². The number of allylic oxidation sites excluding steroid dienone is 1. The minimum absolute atomic E-state index is 0.0310. The Morgan fingerprint density at radius 3 is 1.45 bits per heavy atom. The van der Waals surface area contributed by atoms with Gasteiger partial charge in [0.1, 0.15) is 122 Å². The molecule has 0 aromatic carbocycles. The first-order valence-corrected chi connectivity index (χ1v) is 31.6. The number of aliphatic hydroxyl groups is 19. The van der Waals surface area contributed by atoms with Crippen LogP contribution in [0.3, 0.4) is 0 Å². The summed E-state index contributed by atoms with van der Waals surface area (Å²) in [5.41, 5.74) is -2.49. The fraction of sp³-hybridized carbons (Fsp3) is 0.967. The Hall–Kier alpha value is -1.42. The molecule has 5 saturated heterocycles. The van der Waals surface area contributed by atoms with Crippen molar-refractivity contribution >= 4 is 0 Å². The van der Waals surface area contributed by atoms with Crippen LogP contribution in [0.1, 0.15) is 107 Å². The van der Waals surface area contributed by atoms with Crippen molar-refractivity contribution in [2.45, 2.75) is 284 Å². The Balaban J connectivity index is 0.883. The zero-order chi connectivity index (χ0) is 65.5. The fourth-order valence-corrected chi connectivity index (χ4v) is 17.0. The highest BCUT2D eigenvalue weighted by Crippen LogP contribution is 2.75. The smallest absolute Gasteiger partial charge is 0.187 e. The third-order valence-corrected chi connectivity index (χ3v) is 22.9. The van der Waals surface area contributed by atoms with Gasteiger partial charge in [0.25, 0.3) is 0 Å². The zero-order valence-corrected chi connectivity index (χ0v) is 51.8. The maximum Gasteiger partial charge on any atom is 0.187 e. The van der Waals surface area contributed by atoms with Gasteiger partial charge in [-0.05, 0) is 99.7 Å². The van der Waals surface area contributed by atoms with Crippen LogP contribution in [0.25, 0.3) is 0 Å². The lowest BCUT2D eigenvalue weighted by molar-refractivity contribution is -0.380. The second kappa shape index (κ2) is 27.6. The second-order valence-electron chi connectivity index (χ2n) is 28.7. The summed E-state index contributed by atoms with van der Waals surface area (Å²) >= 11 is 0. The van der Waals surface area contributed by atoms with Crippen LogP contribution in [0.2, 0.25) is 0 Å². The van der Waals surface area contributed by atoms with Gasteiger partial charge in [-0.2, -0.15) is 0 Å². The third kappa shape index (κ3) is 13.1. The highest BCUT2D eigenvalue weighted by molar-refractivity contribution is 5.32. The van der Waals surface area contributed by atoms with Crippen LogP contribution < -0.4 is 0 Å². The number of hydrogen-bond donors (Lipinski definition) is 19. The summed E-state index contributed by atoms with van der Waals surface area (Å²) in [5, 5.41) is 205. The van der Waals surface area contributed by atoms with E-state index in [9.17, 15) is 97.0 Å². The summed E-state index contributed by atoms with van der Waals surface area (Å²) < 4.78 is 59.3. The standard InChI is InChI=1S/C60H102O29/c1-23(9-13-35(57(4,5)79)88-55-50(89-54-49(78)43(72)38(67)29(20-63)84-54)45(74)40(69)31(86-55)22-81-52-47(76)42(71)37(66)28(19-62)83-52)24-15-16-58(6)32-12-10-25-26(60(32,8)33(64)17-59(24,58)7)11-14-34(56(25,2)3)87-53-48(77)44(73)39(68)30(85-53)21-80-51-46(75)41(70)36(65)27(18-61)82-51/h10,23-24,26-55,61-79H,9,11-22H2,1-8H3/t23-,24?,26-,27-,28-,29-,30-,31-,32+,33-,34+,35-,36-,37-,38-,39-,40-,41+,42+,43+,44+,45+,46-,47-,48-,49-,50?,51-,52-,53+,54+,55+,58+,59-,60+/m1/s1. The first-order valence-electron chi connectivity index (χ1n) is 31.6. The van der Waals surface area contributed by atoms with Crippen molar-refractivity contribution in [3.63, 3.8) is 0 Å². The molecular weight excluding hydrogens is 1180 g/mol. The third-order valence-electron chi connectivity index (χ3n) is 22.9. The van der Waals surface area contributed by atoms with Gasteiger partial charge in [-0.3, -0.25) is 0 Å². The first-order chi connectivity index (χ1) is 41.6. The number of ether oxygens (including phenoxy) is 10. The van der Waals surface area contributed by atoms with E-state index in [-0.39, 0.29) is 35.5 Å². The molecular formula is C60H102O29. The predicted molar refractivity (Wildman–Crippen MR) is 300 cm³/mol. The number of hydrogen-bond acceptors (Lipinski definition) is 29. The Morgan fingerprint density at radius 1 is 0.517 bits per heavy atom. The molecule has 0 aromatic heterocycles. The lowest BCUT2D eigenvalue weighted by Crippen LogP contribution is -2.65. The SMILES string of the molecule is C[C@H](CC[C@@H](O[C@@H]1O[C@H](CO[C@@H]2O[C@H](CO)[C@@H](O)[C@H](O)[C@H]2O)[C@@H](O)[C@H](O)C1O[C@@H]1O[C@H](CO)[C@@H](O)[C@H](O)[C@H]1O)C(C)(C)O)C1CC[C@@]2(C)[C@@H]3CC=C4[C@@H](CC[C@H](O[C@@H]5O[C@H](CO[C@@H]6O[C@H](CO)[C@@H](O)[C@H](O)[C@H]6O)[C@@H](O)[C@H](O)[C@H]5O)C4(C)C)[C@]3(C)[C@H](O)C[C@]12C. The molecule has 29 nitrogen and oxygen atoms in total. The second-order valence-corrected chi connectivity index (χ2v) is 28.7. The summed E-state index contributed by atoms with van der Waals surface area (Å²) in [6.45, 7) is 12.6. The van der Waals surface area contributed by atoms with Gasteiger partial charge in [0.15, 0.2) is 31.5 Å². The molecule has 9 aliphatic rings. The Bertz CT molecular complexity index is 2340. The van der Waals surface area contributed by atoms with Crippen molar-refractivity contribution in [2.75, 3.05) is 33.0 Å². The molecule has 9 rings (SSSR count). The molecule has 5 heterocycles. The van der Waals surface area contributed by atoms with E-state index in [0.717, 1.165) is 18.4 Å². The quantitative estimate of drug-likeness (QED) is 0.0506. The monoisotopic (exact) mass is 1290 g/mol. The van der Waals surface area contributed by atoms with Crippen LogP contribution in [0.4, 0.5) is 0 Å². The maximum absolute atomic E-state index is 12.8. The Kier molecular flexibility index (Phi) is 22.3. The van der Waals surface area contributed by atoms with Gasteiger partial charge in [-0.1, -0.05) is 53.2 Å². The first kappa shape index (κ1) is 71.9. The van der Waals surface area contributed by atoms with Crippen LogP contribution in [-0.4, -0.2) is 308 Å². The van der Waals surface area contributed by atoms with E-state index < -0.39 is 227 Å². The topological polar surface area (TPSA) is 477 Å². The maximum atomic E-state index is 12.8. The molecule has 516 valence electrons. The predicted octanol–water partition coefficient (Wildman–Crippen LogP) is -5.41. The van der Waals surface area contributed by atoms with Crippen LogP contribution in [0.15, 0.2) is 11.6 Å². The van der Waals surface area contributed by atoms with Crippen LogP contribution in [0.5, 0.6) is 0 Å². The molecule has 89 heavy (non-hydrogen) atoms. The molecule has 29 heteroatoms. The Morgan fingerprint density at radius 2 is 0.955 bits per heavy atom. The van der Waals surface area contributed by atoms with Gasteiger partial charge in [-0.15, -0.1) is 0 Å². The number of rotatable bonds is 20. The molecule has 35 atom stereocenters. The van der Waals surface area contributed by atoms with Crippen molar-refractivity contribution in [2.24, 2.45) is 45.3 Å². The average Bonchev–Trinajstić information content (AvgIpc) is 1.66. The van der Waals surface area contributed by atoms with Gasteiger partial charge < -0.3 is 144 Å². The van der Waals surface area contributed by atoms with E-state index >= 15 is 0 Å². The number of aliphatic hydroxyl groups excluding tert-OH is 18. The molecule has 3 saturated carbocycles. The average molecular weight is 1290 g/mol. The van der Waals surface area contributed by atoms with E-state index in [2.05, 4.69) is 33.8 Å². The van der Waals surface area contributed by atoms with Crippen molar-refractivity contribution in [1.82, 2.24) is 0 Å². The van der Waals surface area contributed by atoms with E-state index in [0.29, 0.717) is 32.1 Å². The number of fused-ring (bicyclic) bond motifs is 5. The molecule has 0 aromatic rings. The zero-order valence-electron chi connectivity index (χ0n) is 51.8. The van der Waals surface area contributed by atoms with Gasteiger partial charge in [0.05, 0.1) is 56.9 Å². The van der Waals surface area contributed by atoms with Crippen molar-refractivity contribution in [3.8, 4) is 0 Å². The molecule has 4 aliphatic carbocycles. The highest BCUT2D eigenvalue weighted by atomic mass is 16.8. The normalized spacial score (nSPS) is 51.8. The summed E-state index contributed by atoms with van der Waals surface area (Å²) in [4.78, 5) is 0. The summed E-state index contributed by atoms with van der Waals surface area (Å²) in [7, 11) is 0. The molecule has 0 bridgehead atoms. The highest BCUT2D eigenvalue weighted by Gasteiger charge is 2.70. The van der Waals surface area contributed by atoms with Crippen molar-refractivity contribution < 1.29 is 144 Å². The molecule has 0 spiro atoms.